The summed E-state index contributed by atoms with van der Waals surface area (Å²) in [4.78, 5) is 35.3. The van der Waals surface area contributed by atoms with Gasteiger partial charge in [0.1, 0.15) is 19.8 Å². The van der Waals surface area contributed by atoms with E-state index >= 15 is 0 Å². The van der Waals surface area contributed by atoms with Crippen LogP contribution in [0.2, 0.25) is 0 Å². The molecule has 0 spiro atoms. The fraction of sp³-hybridized carbons (Fsp3) is 0.905. The molecule has 0 rings (SSSR count). The van der Waals surface area contributed by atoms with E-state index in [2.05, 4.69) is 26.0 Å². The van der Waals surface area contributed by atoms with Crippen molar-refractivity contribution in [2.45, 2.75) is 200 Å². The van der Waals surface area contributed by atoms with E-state index in [9.17, 15) is 19.0 Å². The van der Waals surface area contributed by atoms with Gasteiger partial charge in [-0.05, 0) is 38.5 Å². The number of unbranched alkanes of at least 4 members (excludes halogenated alkanes) is 23. The van der Waals surface area contributed by atoms with Gasteiger partial charge in [0.2, 0.25) is 0 Å². The van der Waals surface area contributed by atoms with Crippen molar-refractivity contribution in [1.82, 2.24) is 0 Å². The lowest BCUT2D eigenvalue weighted by atomic mass is 10.0. The number of likely N-dealkylation sites (N-methyl/N-ethyl adjacent to an activating group) is 1. The van der Waals surface area contributed by atoms with Gasteiger partial charge in [0, 0.05) is 12.8 Å². The highest BCUT2D eigenvalue weighted by Crippen LogP contribution is 2.43. The largest absolute Gasteiger partial charge is 0.870 e. The van der Waals surface area contributed by atoms with Crippen molar-refractivity contribution >= 4 is 19.8 Å². The van der Waals surface area contributed by atoms with E-state index in [0.717, 1.165) is 51.4 Å². The van der Waals surface area contributed by atoms with E-state index in [1.165, 1.54) is 109 Å². The van der Waals surface area contributed by atoms with Crippen LogP contribution in [0.4, 0.5) is 0 Å². The lowest BCUT2D eigenvalue weighted by Crippen LogP contribution is -2.37. The van der Waals surface area contributed by atoms with Crippen LogP contribution in [0.1, 0.15) is 194 Å². The van der Waals surface area contributed by atoms with Crippen LogP contribution in [0.5, 0.6) is 0 Å². The molecule has 0 aromatic rings. The predicted octanol–water partition coefficient (Wildman–Crippen LogP) is 11.6. The number of phosphoric ester groups is 1. The Hall–Kier alpha value is -1.29. The lowest BCUT2D eigenvalue weighted by Gasteiger charge is -2.24. The molecule has 2 unspecified atom stereocenters. The number of phosphoric acid groups is 1. The molecule has 0 aliphatic rings. The van der Waals surface area contributed by atoms with Crippen LogP contribution in [-0.4, -0.2) is 80.4 Å². The predicted molar refractivity (Wildman–Crippen MR) is 217 cm³/mol. The van der Waals surface area contributed by atoms with Crippen LogP contribution < -0.4 is 0 Å². The molecule has 0 bridgehead atoms. The summed E-state index contributed by atoms with van der Waals surface area (Å²) < 4.78 is 34.3. The van der Waals surface area contributed by atoms with Crippen LogP contribution >= 0.6 is 7.82 Å². The summed E-state index contributed by atoms with van der Waals surface area (Å²) in [6.45, 7) is 4.42. The molecule has 0 fully saturated rings. The zero-order valence-corrected chi connectivity index (χ0v) is 35.9. The monoisotopic (exact) mass is 778 g/mol. The number of quaternary nitrogens is 1. The molecule has 0 aromatic carbocycles. The number of carbonyl (C=O) groups is 2. The number of ether oxygens (including phenoxy) is 2. The van der Waals surface area contributed by atoms with Crippen molar-refractivity contribution in [3.8, 4) is 0 Å². The molecule has 2 atom stereocenters. The summed E-state index contributed by atoms with van der Waals surface area (Å²) in [6.07, 6.45) is 35.3. The Morgan fingerprint density at radius 3 is 1.42 bits per heavy atom. The zero-order chi connectivity index (χ0) is 38.6. The van der Waals surface area contributed by atoms with E-state index < -0.39 is 26.5 Å². The highest BCUT2D eigenvalue weighted by molar-refractivity contribution is 7.47. The number of carbonyl (C=O) groups excluding carboxylic acids is 2. The second kappa shape index (κ2) is 37.6. The van der Waals surface area contributed by atoms with Gasteiger partial charge >= 0.3 is 19.8 Å². The Bertz CT molecular complexity index is 910. The van der Waals surface area contributed by atoms with Gasteiger partial charge in [0.25, 0.3) is 0 Å². The number of hydrogen-bond acceptors (Lipinski definition) is 8. The minimum absolute atomic E-state index is 0. The van der Waals surface area contributed by atoms with E-state index in [0.29, 0.717) is 17.4 Å². The summed E-state index contributed by atoms with van der Waals surface area (Å²) in [5.74, 6) is -0.801. The minimum atomic E-state index is -4.37. The molecule has 10 nitrogen and oxygen atoms in total. The molecule has 0 radical (unpaired) electrons. The number of nitrogens with zero attached hydrogens (tertiary/aromatic N) is 1. The van der Waals surface area contributed by atoms with E-state index in [-0.39, 0.29) is 37.5 Å². The molecule has 0 aliphatic heterocycles. The van der Waals surface area contributed by atoms with Crippen LogP contribution in [0.3, 0.4) is 0 Å². The third-order valence-electron chi connectivity index (χ3n) is 9.30. The Kier molecular flexibility index (Phi) is 38.2. The van der Waals surface area contributed by atoms with E-state index in [4.69, 9.17) is 18.5 Å². The van der Waals surface area contributed by atoms with Gasteiger partial charge in [0.05, 0.1) is 27.7 Å². The molecule has 2 N–H and O–H groups in total. The van der Waals surface area contributed by atoms with Gasteiger partial charge in [-0.25, -0.2) is 4.57 Å². The average Bonchev–Trinajstić information content (AvgIpc) is 3.09. The van der Waals surface area contributed by atoms with Gasteiger partial charge in [0.15, 0.2) is 6.10 Å². The molecule has 53 heavy (non-hydrogen) atoms. The van der Waals surface area contributed by atoms with Gasteiger partial charge in [-0.1, -0.05) is 154 Å². The number of esters is 2. The normalized spacial score (nSPS) is 13.5. The van der Waals surface area contributed by atoms with Crippen molar-refractivity contribution < 1.29 is 47.5 Å². The van der Waals surface area contributed by atoms with Gasteiger partial charge in [-0.15, -0.1) is 0 Å². The molecule has 0 saturated carbocycles. The average molecular weight is 778 g/mol. The first-order valence-electron chi connectivity index (χ1n) is 21.4. The number of rotatable bonds is 39. The summed E-state index contributed by atoms with van der Waals surface area (Å²) in [5, 5.41) is 0. The molecule has 11 heteroatoms. The summed E-state index contributed by atoms with van der Waals surface area (Å²) in [5.41, 5.74) is 0. The molecule has 0 aromatic heterocycles. The van der Waals surface area contributed by atoms with Crippen molar-refractivity contribution in [3.05, 3.63) is 12.2 Å². The first-order chi connectivity index (χ1) is 25.0. The lowest BCUT2D eigenvalue weighted by molar-refractivity contribution is -0.870. The minimum Gasteiger partial charge on any atom is -0.870 e. The Morgan fingerprint density at radius 2 is 0.981 bits per heavy atom. The second-order valence-corrected chi connectivity index (χ2v) is 17.2. The standard InChI is InChI=1S/C42H82NO8P.H2O/c1-6-8-10-12-14-16-18-20-21-23-24-26-28-30-32-34-41(44)48-38-40(39-50-52(46,47)49-37-36-43(3,4)5)51-42(45)35-33-31-29-27-25-22-19-17-15-13-11-9-7-2;/h20-21,40H,6-19,22-39H2,1-5H3;1H2/b21-20-;. The summed E-state index contributed by atoms with van der Waals surface area (Å²) in [6, 6.07) is 0. The maximum absolute atomic E-state index is 12.6. The van der Waals surface area contributed by atoms with Gasteiger partial charge in [-0.3, -0.25) is 18.6 Å². The maximum Gasteiger partial charge on any atom is 0.472 e. The Balaban J connectivity index is 0. The first-order valence-corrected chi connectivity index (χ1v) is 22.9. The van der Waals surface area contributed by atoms with Crippen LogP contribution in [0.15, 0.2) is 12.2 Å². The third-order valence-corrected chi connectivity index (χ3v) is 10.3. The number of hydrogen-bond donors (Lipinski definition) is 1. The van der Waals surface area contributed by atoms with E-state index in [1.54, 1.807) is 0 Å². The SMILES string of the molecule is CCCCCCCC/C=C\CCCCCCCC(=O)OCC(COP(=O)(O)OCC[N+](C)(C)C)OC(=O)CCCCCCCCCCCCCCC.[OH-]. The molecular formula is C42H84NO9P. The molecule has 0 aliphatic carbocycles. The smallest absolute Gasteiger partial charge is 0.472 e. The quantitative estimate of drug-likeness (QED) is 0.0212. The first kappa shape index (κ1) is 53.8. The molecule has 316 valence electrons. The van der Waals surface area contributed by atoms with Crippen LogP contribution in [-0.2, 0) is 32.7 Å². The fourth-order valence-corrected chi connectivity index (χ4v) is 6.63. The summed E-state index contributed by atoms with van der Waals surface area (Å²) >= 11 is 0. The zero-order valence-electron chi connectivity index (χ0n) is 35.0. The third kappa shape index (κ3) is 41.7. The van der Waals surface area contributed by atoms with Crippen LogP contribution in [0, 0.1) is 0 Å². The van der Waals surface area contributed by atoms with Crippen molar-refractivity contribution in [2.24, 2.45) is 0 Å². The van der Waals surface area contributed by atoms with Crippen molar-refractivity contribution in [1.29, 1.82) is 0 Å². The highest BCUT2D eigenvalue weighted by atomic mass is 31.2. The van der Waals surface area contributed by atoms with Crippen molar-refractivity contribution in [3.63, 3.8) is 0 Å². The maximum atomic E-state index is 12.6. The van der Waals surface area contributed by atoms with Crippen LogP contribution in [0.25, 0.3) is 0 Å². The van der Waals surface area contributed by atoms with Gasteiger partial charge in [-0.2, -0.15) is 0 Å². The topological polar surface area (TPSA) is 138 Å². The van der Waals surface area contributed by atoms with Crippen molar-refractivity contribution in [2.75, 3.05) is 47.5 Å². The summed E-state index contributed by atoms with van der Waals surface area (Å²) in [7, 11) is 1.48. The molecule has 0 amide bonds. The van der Waals surface area contributed by atoms with E-state index in [1.807, 2.05) is 21.1 Å². The second-order valence-electron chi connectivity index (χ2n) is 15.7. The highest BCUT2D eigenvalue weighted by Gasteiger charge is 2.27. The molecule has 0 saturated heterocycles. The van der Waals surface area contributed by atoms with Gasteiger partial charge < -0.3 is 24.3 Å². The molecular weight excluding hydrogens is 693 g/mol. The Morgan fingerprint density at radius 1 is 0.585 bits per heavy atom. The Labute approximate surface area is 326 Å². The fourth-order valence-electron chi connectivity index (χ4n) is 5.89. The molecule has 0 heterocycles. The number of allylic oxidation sites excluding steroid dienone is 2.